The van der Waals surface area contributed by atoms with Gasteiger partial charge in [-0.05, 0) is 61.3 Å². The van der Waals surface area contributed by atoms with Crippen LogP contribution >= 0.6 is 0 Å². The maximum atomic E-state index is 13.0. The highest BCUT2D eigenvalue weighted by Crippen LogP contribution is 2.33. The van der Waals surface area contributed by atoms with Crippen LogP contribution in [0.15, 0.2) is 101 Å². The summed E-state index contributed by atoms with van der Waals surface area (Å²) in [7, 11) is 1.73. The molecule has 6 aromatic rings. The zero-order valence-corrected chi connectivity index (χ0v) is 25.5. The van der Waals surface area contributed by atoms with Gasteiger partial charge in [0.2, 0.25) is 5.91 Å². The molecule has 10 nitrogen and oxygen atoms in total. The molecule has 0 radical (unpaired) electrons. The Labute approximate surface area is 265 Å². The Hall–Kier alpha value is -5.32. The Balaban J connectivity index is 1.07. The highest BCUT2D eigenvalue weighted by atomic mass is 16.2. The van der Waals surface area contributed by atoms with Crippen LogP contribution in [0.3, 0.4) is 0 Å². The number of piperidine rings is 1. The van der Waals surface area contributed by atoms with Crippen LogP contribution in [0.5, 0.6) is 0 Å². The number of fused-ring (bicyclic) bond motifs is 2. The number of aromatic nitrogens is 4. The summed E-state index contributed by atoms with van der Waals surface area (Å²) >= 11 is 0. The lowest BCUT2D eigenvalue weighted by Gasteiger charge is -2.32. The molecule has 232 valence electrons. The Morgan fingerprint density at radius 1 is 0.935 bits per heavy atom. The summed E-state index contributed by atoms with van der Waals surface area (Å²) in [5.74, 6) is -0.130. The number of anilines is 1. The van der Waals surface area contributed by atoms with Gasteiger partial charge in [0.05, 0.1) is 34.2 Å². The predicted molar refractivity (Wildman–Crippen MR) is 182 cm³/mol. The number of likely N-dealkylation sites (N-methyl/N-ethyl adjacent to an activating group) is 1. The maximum absolute atomic E-state index is 13.0. The lowest BCUT2D eigenvalue weighted by molar-refractivity contribution is -0.115. The minimum absolute atomic E-state index is 0.0748. The van der Waals surface area contributed by atoms with Gasteiger partial charge in [0, 0.05) is 48.7 Å². The Morgan fingerprint density at radius 3 is 2.48 bits per heavy atom. The molecule has 3 aromatic carbocycles. The summed E-state index contributed by atoms with van der Waals surface area (Å²) in [5, 5.41) is 6.30. The predicted octanol–water partition coefficient (Wildman–Crippen LogP) is 4.90. The SMILES string of the molecule is CNCC(=O)Nc1ccc2[nH]c(=O)n(C3CCN(Cc4ccc(-c5nc6cc[nH]c(=O)c6cc5-c5ccccc5)cc4)CC3)c2c1. The average molecular weight is 614 g/mol. The number of nitrogens with zero attached hydrogens (tertiary/aromatic N) is 3. The first kappa shape index (κ1) is 29.4. The number of aromatic amines is 2. The fourth-order valence-electron chi connectivity index (χ4n) is 6.46. The molecule has 1 fully saturated rings. The van der Waals surface area contributed by atoms with E-state index in [2.05, 4.69) is 49.8 Å². The summed E-state index contributed by atoms with van der Waals surface area (Å²) in [5.41, 5.74) is 7.59. The van der Waals surface area contributed by atoms with E-state index >= 15 is 0 Å². The quantitative estimate of drug-likeness (QED) is 0.194. The number of benzene rings is 3. The van der Waals surface area contributed by atoms with Crippen LogP contribution in [-0.4, -0.2) is 57.0 Å². The number of imidazole rings is 1. The summed E-state index contributed by atoms with van der Waals surface area (Å²) in [6.45, 7) is 2.76. The van der Waals surface area contributed by atoms with Crippen molar-refractivity contribution in [3.05, 3.63) is 118 Å². The van der Waals surface area contributed by atoms with Crippen LogP contribution in [0.1, 0.15) is 24.4 Å². The van der Waals surface area contributed by atoms with Gasteiger partial charge in [-0.15, -0.1) is 0 Å². The second kappa shape index (κ2) is 12.6. The van der Waals surface area contributed by atoms with Crippen molar-refractivity contribution in [3.63, 3.8) is 0 Å². The van der Waals surface area contributed by atoms with Crippen LogP contribution < -0.4 is 21.9 Å². The number of carbonyl (C=O) groups excluding carboxylic acids is 1. The van der Waals surface area contributed by atoms with Gasteiger partial charge < -0.3 is 20.6 Å². The minimum Gasteiger partial charge on any atom is -0.328 e. The number of amides is 1. The molecule has 0 aliphatic carbocycles. The average Bonchev–Trinajstić information content (AvgIpc) is 3.40. The molecule has 0 saturated carbocycles. The van der Waals surface area contributed by atoms with Gasteiger partial charge in [-0.1, -0.05) is 54.6 Å². The van der Waals surface area contributed by atoms with Gasteiger partial charge in [0.1, 0.15) is 0 Å². The first-order chi connectivity index (χ1) is 22.5. The third kappa shape index (κ3) is 5.88. The monoisotopic (exact) mass is 613 g/mol. The first-order valence-electron chi connectivity index (χ1n) is 15.5. The third-order valence-electron chi connectivity index (χ3n) is 8.73. The molecular formula is C36H35N7O3. The van der Waals surface area contributed by atoms with Crippen molar-refractivity contribution in [1.29, 1.82) is 0 Å². The summed E-state index contributed by atoms with van der Waals surface area (Å²) < 4.78 is 1.85. The second-order valence-electron chi connectivity index (χ2n) is 11.8. The molecule has 1 aliphatic rings. The van der Waals surface area contributed by atoms with E-state index in [-0.39, 0.29) is 29.7 Å². The van der Waals surface area contributed by atoms with E-state index in [1.54, 1.807) is 13.2 Å². The highest BCUT2D eigenvalue weighted by molar-refractivity contribution is 5.94. The third-order valence-corrected chi connectivity index (χ3v) is 8.73. The molecule has 4 N–H and O–H groups in total. The van der Waals surface area contributed by atoms with E-state index in [4.69, 9.17) is 4.98 Å². The lowest BCUT2D eigenvalue weighted by Crippen LogP contribution is -2.36. The van der Waals surface area contributed by atoms with Crippen LogP contribution in [0.2, 0.25) is 0 Å². The largest absolute Gasteiger partial charge is 0.328 e. The molecule has 0 bridgehead atoms. The smallest absolute Gasteiger partial charge is 0.326 e. The minimum atomic E-state index is -0.152. The fourth-order valence-corrected chi connectivity index (χ4v) is 6.46. The molecule has 4 heterocycles. The number of hydrogen-bond acceptors (Lipinski definition) is 6. The molecule has 0 spiro atoms. The summed E-state index contributed by atoms with van der Waals surface area (Å²) in [4.78, 5) is 50.7. The van der Waals surface area contributed by atoms with Crippen molar-refractivity contribution in [3.8, 4) is 22.4 Å². The van der Waals surface area contributed by atoms with Crippen LogP contribution in [0.25, 0.3) is 44.3 Å². The highest BCUT2D eigenvalue weighted by Gasteiger charge is 2.24. The molecular weight excluding hydrogens is 578 g/mol. The number of hydrogen-bond donors (Lipinski definition) is 4. The van der Waals surface area contributed by atoms with Gasteiger partial charge in [-0.2, -0.15) is 0 Å². The van der Waals surface area contributed by atoms with E-state index in [0.29, 0.717) is 16.6 Å². The van der Waals surface area contributed by atoms with Gasteiger partial charge in [-0.3, -0.25) is 19.1 Å². The van der Waals surface area contributed by atoms with Crippen LogP contribution in [0, 0.1) is 0 Å². The zero-order valence-electron chi connectivity index (χ0n) is 25.5. The van der Waals surface area contributed by atoms with Crippen molar-refractivity contribution < 1.29 is 4.79 Å². The molecule has 3 aromatic heterocycles. The Kier molecular flexibility index (Phi) is 8.04. The Bertz CT molecular complexity index is 2140. The van der Waals surface area contributed by atoms with Gasteiger partial charge in [0.25, 0.3) is 5.56 Å². The fraction of sp³-hybridized carbons (Fsp3) is 0.222. The Morgan fingerprint density at radius 2 is 1.72 bits per heavy atom. The van der Waals surface area contributed by atoms with E-state index in [0.717, 1.165) is 65.9 Å². The van der Waals surface area contributed by atoms with Crippen LogP contribution in [-0.2, 0) is 11.3 Å². The van der Waals surface area contributed by atoms with Crippen molar-refractivity contribution in [2.24, 2.45) is 0 Å². The number of H-pyrrole nitrogens is 2. The summed E-state index contributed by atoms with van der Waals surface area (Å²) in [6.07, 6.45) is 3.33. The topological polar surface area (TPSA) is 128 Å². The molecule has 0 atom stereocenters. The van der Waals surface area contributed by atoms with Crippen molar-refractivity contribution in [2.75, 3.05) is 32.0 Å². The standard InChI is InChI=1S/C36H35N7O3/c1-37-21-33(44)39-26-11-12-31-32(19-26)43(36(46)41-31)27-14-17-42(18-15-27)22-23-7-9-25(10-8-23)34-28(24-5-3-2-4-6-24)20-29-30(40-34)13-16-38-35(29)45/h2-13,16,19-20,27,37H,14-15,17-18,21-22H2,1H3,(H,38,45)(H,39,44)(H,41,46). The number of pyridine rings is 2. The number of likely N-dealkylation sites (tertiary alicyclic amines) is 1. The molecule has 1 aliphatic heterocycles. The van der Waals surface area contributed by atoms with Crippen molar-refractivity contribution >= 4 is 33.5 Å². The maximum Gasteiger partial charge on any atom is 0.326 e. The molecule has 1 amide bonds. The van der Waals surface area contributed by atoms with Crippen molar-refractivity contribution in [1.82, 2.24) is 29.7 Å². The van der Waals surface area contributed by atoms with Gasteiger partial charge >= 0.3 is 5.69 Å². The summed E-state index contributed by atoms with van der Waals surface area (Å²) in [6, 6.07) is 27.9. The number of rotatable bonds is 8. The molecule has 0 unspecified atom stereocenters. The van der Waals surface area contributed by atoms with Crippen LogP contribution in [0.4, 0.5) is 5.69 Å². The lowest BCUT2D eigenvalue weighted by atomic mass is 9.97. The number of nitrogens with one attached hydrogen (secondary N) is 4. The van der Waals surface area contributed by atoms with Gasteiger partial charge in [-0.25, -0.2) is 9.78 Å². The number of carbonyl (C=O) groups is 1. The molecule has 46 heavy (non-hydrogen) atoms. The second-order valence-corrected chi connectivity index (χ2v) is 11.8. The molecule has 10 heteroatoms. The molecule has 1 saturated heterocycles. The van der Waals surface area contributed by atoms with E-state index < -0.39 is 0 Å². The normalized spacial score (nSPS) is 14.2. The van der Waals surface area contributed by atoms with Crippen molar-refractivity contribution in [2.45, 2.75) is 25.4 Å². The van der Waals surface area contributed by atoms with Gasteiger partial charge in [0.15, 0.2) is 0 Å². The zero-order chi connectivity index (χ0) is 31.6. The van der Waals surface area contributed by atoms with E-state index in [9.17, 15) is 14.4 Å². The van der Waals surface area contributed by atoms with E-state index in [1.165, 1.54) is 5.56 Å². The first-order valence-corrected chi connectivity index (χ1v) is 15.5. The van der Waals surface area contributed by atoms with E-state index in [1.807, 2.05) is 65.2 Å². The molecule has 7 rings (SSSR count).